The van der Waals surface area contributed by atoms with Crippen LogP contribution in [0.2, 0.25) is 0 Å². The van der Waals surface area contributed by atoms with Crippen LogP contribution >= 0.6 is 12.6 Å². The van der Waals surface area contributed by atoms with Crippen molar-refractivity contribution in [3.63, 3.8) is 0 Å². The number of hydrogen-bond acceptors (Lipinski definition) is 1. The predicted molar refractivity (Wildman–Crippen MR) is 57.7 cm³/mol. The minimum absolute atomic E-state index is 0.868. The SMILES string of the molecule is C=C(S)Cc1ccc(CC)cc1. The fourth-order valence-electron chi connectivity index (χ4n) is 1.13. The van der Waals surface area contributed by atoms with E-state index in [9.17, 15) is 0 Å². The second-order valence-electron chi connectivity index (χ2n) is 2.91. The largest absolute Gasteiger partial charge is 0.148 e. The van der Waals surface area contributed by atoms with Gasteiger partial charge in [-0.05, 0) is 22.5 Å². The van der Waals surface area contributed by atoms with Crippen LogP contribution in [-0.2, 0) is 12.8 Å². The molecule has 0 spiro atoms. The molecule has 64 valence electrons. The van der Waals surface area contributed by atoms with Gasteiger partial charge in [-0.1, -0.05) is 37.8 Å². The van der Waals surface area contributed by atoms with Gasteiger partial charge in [0.1, 0.15) is 0 Å². The number of rotatable bonds is 3. The third-order valence-corrected chi connectivity index (χ3v) is 2.00. The third-order valence-electron chi connectivity index (χ3n) is 1.84. The molecule has 0 saturated heterocycles. The van der Waals surface area contributed by atoms with Crippen LogP contribution in [0.4, 0.5) is 0 Å². The fourth-order valence-corrected chi connectivity index (χ4v) is 1.31. The van der Waals surface area contributed by atoms with Gasteiger partial charge in [0, 0.05) is 6.42 Å². The summed E-state index contributed by atoms with van der Waals surface area (Å²) in [6, 6.07) is 8.60. The van der Waals surface area contributed by atoms with Gasteiger partial charge in [-0.3, -0.25) is 0 Å². The molecule has 12 heavy (non-hydrogen) atoms. The number of benzene rings is 1. The Labute approximate surface area is 79.7 Å². The molecule has 0 heterocycles. The first kappa shape index (κ1) is 9.40. The lowest BCUT2D eigenvalue weighted by atomic mass is 10.1. The van der Waals surface area contributed by atoms with E-state index in [1.54, 1.807) is 0 Å². The van der Waals surface area contributed by atoms with E-state index in [1.165, 1.54) is 11.1 Å². The summed E-state index contributed by atoms with van der Waals surface area (Å²) in [5, 5.41) is 0. The smallest absolute Gasteiger partial charge is 0.00259 e. The summed E-state index contributed by atoms with van der Waals surface area (Å²) in [4.78, 5) is 0.916. The quantitative estimate of drug-likeness (QED) is 0.675. The summed E-state index contributed by atoms with van der Waals surface area (Å²) in [7, 11) is 0. The minimum Gasteiger partial charge on any atom is -0.148 e. The van der Waals surface area contributed by atoms with Crippen LogP contribution in [0.5, 0.6) is 0 Å². The van der Waals surface area contributed by atoms with Crippen LogP contribution in [-0.4, -0.2) is 0 Å². The summed E-state index contributed by atoms with van der Waals surface area (Å²) in [5.41, 5.74) is 2.66. The lowest BCUT2D eigenvalue weighted by molar-refractivity contribution is 1.13. The van der Waals surface area contributed by atoms with Crippen LogP contribution in [0.1, 0.15) is 18.1 Å². The molecule has 0 aromatic heterocycles. The average molecular weight is 178 g/mol. The number of aryl methyl sites for hydroxylation is 1. The van der Waals surface area contributed by atoms with E-state index in [4.69, 9.17) is 0 Å². The lowest BCUT2D eigenvalue weighted by Crippen LogP contribution is -1.85. The maximum atomic E-state index is 4.16. The van der Waals surface area contributed by atoms with Crippen LogP contribution in [0.25, 0.3) is 0 Å². The van der Waals surface area contributed by atoms with Gasteiger partial charge in [-0.15, -0.1) is 12.6 Å². The first-order chi connectivity index (χ1) is 5.72. The highest BCUT2D eigenvalue weighted by Crippen LogP contribution is 2.10. The van der Waals surface area contributed by atoms with Crippen molar-refractivity contribution in [2.45, 2.75) is 19.8 Å². The molecule has 1 heteroatoms. The number of thiol groups is 1. The standard InChI is InChI=1S/C11H14S/c1-3-10-4-6-11(7-5-10)8-9(2)12/h4-7,12H,2-3,8H2,1H3. The Bertz CT molecular complexity index is 259. The number of hydrogen-bond donors (Lipinski definition) is 1. The van der Waals surface area contributed by atoms with Crippen molar-refractivity contribution in [2.75, 3.05) is 0 Å². The van der Waals surface area contributed by atoms with E-state index >= 15 is 0 Å². The van der Waals surface area contributed by atoms with Gasteiger partial charge >= 0.3 is 0 Å². The van der Waals surface area contributed by atoms with Crippen molar-refractivity contribution in [1.29, 1.82) is 0 Å². The topological polar surface area (TPSA) is 0 Å². The van der Waals surface area contributed by atoms with E-state index in [2.05, 4.69) is 50.4 Å². The van der Waals surface area contributed by atoms with Crippen LogP contribution in [0.3, 0.4) is 0 Å². The molecule has 1 rings (SSSR count). The van der Waals surface area contributed by atoms with Crippen LogP contribution < -0.4 is 0 Å². The van der Waals surface area contributed by atoms with E-state index in [1.807, 2.05) is 0 Å². The van der Waals surface area contributed by atoms with Gasteiger partial charge in [0.25, 0.3) is 0 Å². The summed E-state index contributed by atoms with van der Waals surface area (Å²) in [6.45, 7) is 5.92. The van der Waals surface area contributed by atoms with E-state index < -0.39 is 0 Å². The first-order valence-corrected chi connectivity index (χ1v) is 4.61. The summed E-state index contributed by atoms with van der Waals surface area (Å²) in [6.07, 6.45) is 1.97. The minimum atomic E-state index is 0.868. The Kier molecular flexibility index (Phi) is 3.42. The highest BCUT2D eigenvalue weighted by Gasteiger charge is 1.93. The lowest BCUT2D eigenvalue weighted by Gasteiger charge is -2.00. The van der Waals surface area contributed by atoms with Crippen molar-refractivity contribution >= 4 is 12.6 Å². The van der Waals surface area contributed by atoms with E-state index in [-0.39, 0.29) is 0 Å². The van der Waals surface area contributed by atoms with Gasteiger partial charge in [0.15, 0.2) is 0 Å². The Morgan fingerprint density at radius 3 is 2.17 bits per heavy atom. The zero-order valence-corrected chi connectivity index (χ0v) is 8.27. The van der Waals surface area contributed by atoms with Crippen LogP contribution in [0, 0.1) is 0 Å². The monoisotopic (exact) mass is 178 g/mol. The first-order valence-electron chi connectivity index (χ1n) is 4.17. The Balaban J connectivity index is 2.71. The van der Waals surface area contributed by atoms with E-state index in [0.29, 0.717) is 0 Å². The van der Waals surface area contributed by atoms with Crippen LogP contribution in [0.15, 0.2) is 35.7 Å². The van der Waals surface area contributed by atoms with Gasteiger partial charge < -0.3 is 0 Å². The molecule has 0 aliphatic heterocycles. The molecule has 0 fully saturated rings. The van der Waals surface area contributed by atoms with Crippen molar-refractivity contribution in [2.24, 2.45) is 0 Å². The molecule has 0 atom stereocenters. The third kappa shape index (κ3) is 2.74. The molecule has 0 aliphatic carbocycles. The highest BCUT2D eigenvalue weighted by atomic mass is 32.1. The number of allylic oxidation sites excluding steroid dienone is 1. The maximum Gasteiger partial charge on any atom is 0.00259 e. The second kappa shape index (κ2) is 4.36. The molecule has 0 unspecified atom stereocenters. The normalized spacial score (nSPS) is 9.83. The molecule has 1 aromatic carbocycles. The zero-order valence-electron chi connectivity index (χ0n) is 7.38. The van der Waals surface area contributed by atoms with Crippen molar-refractivity contribution in [1.82, 2.24) is 0 Å². The van der Waals surface area contributed by atoms with Gasteiger partial charge in [0.05, 0.1) is 0 Å². The van der Waals surface area contributed by atoms with Gasteiger partial charge in [0.2, 0.25) is 0 Å². The molecule has 0 aliphatic rings. The molecular formula is C11H14S. The summed E-state index contributed by atoms with van der Waals surface area (Å²) >= 11 is 4.16. The molecule has 0 nitrogen and oxygen atoms in total. The fraction of sp³-hybridized carbons (Fsp3) is 0.273. The Hall–Kier alpha value is -0.690. The maximum absolute atomic E-state index is 4.16. The molecule has 0 saturated carbocycles. The predicted octanol–water partition coefficient (Wildman–Crippen LogP) is 3.24. The van der Waals surface area contributed by atoms with E-state index in [0.717, 1.165) is 17.7 Å². The van der Waals surface area contributed by atoms with Crippen molar-refractivity contribution in [3.05, 3.63) is 46.9 Å². The Morgan fingerprint density at radius 1 is 1.25 bits per heavy atom. The summed E-state index contributed by atoms with van der Waals surface area (Å²) in [5.74, 6) is 0. The molecule has 0 bridgehead atoms. The van der Waals surface area contributed by atoms with Crippen molar-refractivity contribution in [3.8, 4) is 0 Å². The highest BCUT2D eigenvalue weighted by molar-refractivity contribution is 7.84. The zero-order chi connectivity index (χ0) is 8.97. The molecular weight excluding hydrogens is 164 g/mol. The Morgan fingerprint density at radius 2 is 1.75 bits per heavy atom. The molecule has 0 N–H and O–H groups in total. The molecule has 0 amide bonds. The van der Waals surface area contributed by atoms with Gasteiger partial charge in [-0.25, -0.2) is 0 Å². The van der Waals surface area contributed by atoms with Crippen molar-refractivity contribution < 1.29 is 0 Å². The second-order valence-corrected chi connectivity index (χ2v) is 3.55. The summed E-state index contributed by atoms with van der Waals surface area (Å²) < 4.78 is 0. The van der Waals surface area contributed by atoms with Gasteiger partial charge in [-0.2, -0.15) is 0 Å². The molecule has 1 aromatic rings. The molecule has 0 radical (unpaired) electrons. The average Bonchev–Trinajstić information content (AvgIpc) is 2.05.